The molecule has 18 heavy (non-hydrogen) atoms. The zero-order valence-electron chi connectivity index (χ0n) is 11.1. The summed E-state index contributed by atoms with van der Waals surface area (Å²) in [6.45, 7) is 1.68. The lowest BCUT2D eigenvalue weighted by molar-refractivity contribution is 0.174. The monoisotopic (exact) mass is 266 g/mol. The van der Waals surface area contributed by atoms with E-state index >= 15 is 0 Å². The topological polar surface area (TPSA) is 29.3 Å². The lowest BCUT2D eigenvalue weighted by Crippen LogP contribution is -2.42. The van der Waals surface area contributed by atoms with Gasteiger partial charge in [-0.3, -0.25) is 4.90 Å². The van der Waals surface area contributed by atoms with Gasteiger partial charge >= 0.3 is 0 Å². The van der Waals surface area contributed by atoms with Gasteiger partial charge in [0.2, 0.25) is 0 Å². The van der Waals surface area contributed by atoms with Gasteiger partial charge in [-0.2, -0.15) is 0 Å². The maximum Gasteiger partial charge on any atom is 0.0409 e. The Morgan fingerprint density at radius 1 is 1.39 bits per heavy atom. The van der Waals surface area contributed by atoms with Crippen molar-refractivity contribution in [1.29, 1.82) is 0 Å². The summed E-state index contributed by atoms with van der Waals surface area (Å²) in [5.74, 6) is 0.777. The average Bonchev–Trinajstić information content (AvgIpc) is 2.83. The molecule has 0 amide bonds. The molecule has 1 aromatic carbocycles. The van der Waals surface area contributed by atoms with Crippen molar-refractivity contribution in [2.75, 3.05) is 13.6 Å². The molecule has 0 saturated heterocycles. The summed E-state index contributed by atoms with van der Waals surface area (Å²) in [5.41, 5.74) is 7.23. The van der Waals surface area contributed by atoms with Gasteiger partial charge in [0.1, 0.15) is 0 Å². The van der Waals surface area contributed by atoms with Crippen LogP contribution >= 0.6 is 11.6 Å². The third-order valence-electron chi connectivity index (χ3n) is 4.07. The number of likely N-dealkylation sites (N-methyl/N-ethyl adjacent to an activating group) is 1. The van der Waals surface area contributed by atoms with Gasteiger partial charge in [0.05, 0.1) is 0 Å². The van der Waals surface area contributed by atoms with Crippen molar-refractivity contribution < 1.29 is 0 Å². The Hall–Kier alpha value is -0.570. The highest BCUT2D eigenvalue weighted by Gasteiger charge is 2.26. The number of rotatable bonds is 5. The Morgan fingerprint density at radius 2 is 2.11 bits per heavy atom. The molecule has 0 heterocycles. The standard InChI is InChI=1S/C15H23ClN2/c1-18(11-12-5-4-8-14(16)9-12)15(10-17)13-6-2-3-7-13/h4-5,8-9,13,15H,2-3,6-7,10-11,17H2,1H3. The van der Waals surface area contributed by atoms with Gasteiger partial charge in [-0.05, 0) is 43.5 Å². The second kappa shape index (κ2) is 6.55. The van der Waals surface area contributed by atoms with E-state index in [0.717, 1.165) is 24.0 Å². The van der Waals surface area contributed by atoms with E-state index in [1.165, 1.54) is 31.2 Å². The van der Waals surface area contributed by atoms with Crippen LogP contribution in [-0.2, 0) is 6.54 Å². The molecule has 0 radical (unpaired) electrons. The number of nitrogens with two attached hydrogens (primary N) is 1. The summed E-state index contributed by atoms with van der Waals surface area (Å²) in [5, 5.41) is 0.811. The van der Waals surface area contributed by atoms with Crippen molar-refractivity contribution >= 4 is 11.6 Å². The molecule has 1 aliphatic carbocycles. The van der Waals surface area contributed by atoms with E-state index in [0.29, 0.717) is 6.04 Å². The van der Waals surface area contributed by atoms with Crippen LogP contribution in [0.3, 0.4) is 0 Å². The van der Waals surface area contributed by atoms with Gasteiger partial charge in [-0.1, -0.05) is 36.6 Å². The van der Waals surface area contributed by atoms with Crippen LogP contribution in [0.5, 0.6) is 0 Å². The van der Waals surface area contributed by atoms with E-state index in [9.17, 15) is 0 Å². The average molecular weight is 267 g/mol. The van der Waals surface area contributed by atoms with Crippen molar-refractivity contribution in [2.24, 2.45) is 11.7 Å². The van der Waals surface area contributed by atoms with Crippen molar-refractivity contribution in [3.05, 3.63) is 34.9 Å². The summed E-state index contributed by atoms with van der Waals surface area (Å²) >= 11 is 6.03. The van der Waals surface area contributed by atoms with Gasteiger partial charge in [0, 0.05) is 24.2 Å². The largest absolute Gasteiger partial charge is 0.329 e. The van der Waals surface area contributed by atoms with E-state index in [-0.39, 0.29) is 0 Å². The maximum absolute atomic E-state index is 6.03. The minimum absolute atomic E-state index is 0.506. The summed E-state index contributed by atoms with van der Waals surface area (Å²) in [7, 11) is 2.18. The number of nitrogens with zero attached hydrogens (tertiary/aromatic N) is 1. The second-order valence-corrected chi connectivity index (χ2v) is 5.83. The lowest BCUT2D eigenvalue weighted by Gasteiger charge is -2.31. The third-order valence-corrected chi connectivity index (χ3v) is 4.31. The molecule has 1 saturated carbocycles. The fraction of sp³-hybridized carbons (Fsp3) is 0.600. The van der Waals surface area contributed by atoms with Crippen molar-refractivity contribution in [1.82, 2.24) is 4.90 Å². The molecule has 3 heteroatoms. The van der Waals surface area contributed by atoms with E-state index in [1.54, 1.807) is 0 Å². The van der Waals surface area contributed by atoms with Crippen molar-refractivity contribution in [2.45, 2.75) is 38.3 Å². The molecule has 1 atom stereocenters. The first-order valence-corrected chi connectivity index (χ1v) is 7.23. The molecular formula is C15H23ClN2. The molecule has 2 nitrogen and oxygen atoms in total. The predicted octanol–water partition coefficient (Wildman–Crippen LogP) is 3.29. The van der Waals surface area contributed by atoms with Gasteiger partial charge in [-0.25, -0.2) is 0 Å². The molecule has 1 fully saturated rings. The van der Waals surface area contributed by atoms with Crippen LogP contribution in [-0.4, -0.2) is 24.5 Å². The Balaban J connectivity index is 1.98. The van der Waals surface area contributed by atoms with E-state index in [4.69, 9.17) is 17.3 Å². The van der Waals surface area contributed by atoms with Gasteiger partial charge < -0.3 is 5.73 Å². The normalized spacial score (nSPS) is 18.4. The molecule has 100 valence electrons. The Labute approximate surface area is 115 Å². The molecule has 2 N–H and O–H groups in total. The first kappa shape index (κ1) is 13.9. The number of hydrogen-bond donors (Lipinski definition) is 1. The predicted molar refractivity (Wildman–Crippen MR) is 77.7 cm³/mol. The maximum atomic E-state index is 6.03. The first-order chi connectivity index (χ1) is 8.70. The molecule has 0 aromatic heterocycles. The number of hydrogen-bond acceptors (Lipinski definition) is 2. The van der Waals surface area contributed by atoms with E-state index in [2.05, 4.69) is 18.0 Å². The Kier molecular flexibility index (Phi) is 5.04. The van der Waals surface area contributed by atoms with Crippen LogP contribution in [0.4, 0.5) is 0 Å². The van der Waals surface area contributed by atoms with Crippen LogP contribution < -0.4 is 5.73 Å². The minimum atomic E-state index is 0.506. The van der Waals surface area contributed by atoms with Crippen LogP contribution in [0.1, 0.15) is 31.2 Å². The molecule has 2 rings (SSSR count). The molecule has 0 spiro atoms. The van der Waals surface area contributed by atoms with E-state index < -0.39 is 0 Å². The first-order valence-electron chi connectivity index (χ1n) is 6.85. The summed E-state index contributed by atoms with van der Waals surface area (Å²) < 4.78 is 0. The SMILES string of the molecule is CN(Cc1cccc(Cl)c1)C(CN)C1CCCC1. The highest BCUT2D eigenvalue weighted by Crippen LogP contribution is 2.30. The fourth-order valence-electron chi connectivity index (χ4n) is 3.12. The van der Waals surface area contributed by atoms with Crippen LogP contribution in [0.15, 0.2) is 24.3 Å². The molecule has 0 bridgehead atoms. The molecule has 1 unspecified atom stereocenters. The molecular weight excluding hydrogens is 244 g/mol. The highest BCUT2D eigenvalue weighted by molar-refractivity contribution is 6.30. The van der Waals surface area contributed by atoms with Crippen molar-refractivity contribution in [3.8, 4) is 0 Å². The Morgan fingerprint density at radius 3 is 2.72 bits per heavy atom. The van der Waals surface area contributed by atoms with Crippen LogP contribution in [0.2, 0.25) is 5.02 Å². The molecule has 1 aromatic rings. The fourth-order valence-corrected chi connectivity index (χ4v) is 3.33. The number of halogens is 1. The molecule has 0 aliphatic heterocycles. The summed E-state index contributed by atoms with van der Waals surface area (Å²) in [6.07, 6.45) is 5.40. The zero-order valence-corrected chi connectivity index (χ0v) is 11.9. The van der Waals surface area contributed by atoms with Gasteiger partial charge in [-0.15, -0.1) is 0 Å². The van der Waals surface area contributed by atoms with E-state index in [1.807, 2.05) is 18.2 Å². The van der Waals surface area contributed by atoms with Gasteiger partial charge in [0.15, 0.2) is 0 Å². The third kappa shape index (κ3) is 3.47. The van der Waals surface area contributed by atoms with Crippen LogP contribution in [0.25, 0.3) is 0 Å². The Bertz CT molecular complexity index is 375. The number of benzene rings is 1. The molecule has 1 aliphatic rings. The summed E-state index contributed by atoms with van der Waals surface area (Å²) in [4.78, 5) is 2.39. The second-order valence-electron chi connectivity index (χ2n) is 5.39. The quantitative estimate of drug-likeness (QED) is 0.886. The minimum Gasteiger partial charge on any atom is -0.329 e. The van der Waals surface area contributed by atoms with Crippen molar-refractivity contribution in [3.63, 3.8) is 0 Å². The van der Waals surface area contributed by atoms with Gasteiger partial charge in [0.25, 0.3) is 0 Å². The lowest BCUT2D eigenvalue weighted by atomic mass is 9.96. The highest BCUT2D eigenvalue weighted by atomic mass is 35.5. The smallest absolute Gasteiger partial charge is 0.0409 e. The summed E-state index contributed by atoms with van der Waals surface area (Å²) in [6, 6.07) is 8.61. The van der Waals surface area contributed by atoms with Crippen LogP contribution in [0, 0.1) is 5.92 Å². The zero-order chi connectivity index (χ0) is 13.0.